The van der Waals surface area contributed by atoms with Crippen LogP contribution in [-0.4, -0.2) is 19.1 Å². The number of carbonyl (C=O) groups excluding carboxylic acids is 1. The van der Waals surface area contributed by atoms with Gasteiger partial charge in [-0.2, -0.15) is 0 Å². The molecule has 1 aromatic carbocycles. The molecule has 3 nitrogen and oxygen atoms in total. The summed E-state index contributed by atoms with van der Waals surface area (Å²) >= 11 is 5.93. The number of halogens is 1. The third-order valence-corrected chi connectivity index (χ3v) is 2.47. The fourth-order valence-electron chi connectivity index (χ4n) is 1.21. The number of hydrogen-bond acceptors (Lipinski definition) is 3. The van der Waals surface area contributed by atoms with Gasteiger partial charge in [0.05, 0.1) is 6.42 Å². The van der Waals surface area contributed by atoms with Gasteiger partial charge in [-0.25, -0.2) is 0 Å². The summed E-state index contributed by atoms with van der Waals surface area (Å²) in [5.74, 6) is -0.208. The molecular weight excluding hydrogens is 226 g/mol. The molecule has 16 heavy (non-hydrogen) atoms. The minimum atomic E-state index is -0.208. The smallest absolute Gasteiger partial charge is 0.307 e. The first-order valence-corrected chi connectivity index (χ1v) is 5.71. The maximum atomic E-state index is 11.3. The maximum Gasteiger partial charge on any atom is 0.307 e. The van der Waals surface area contributed by atoms with Gasteiger partial charge in [-0.05, 0) is 12.6 Å². The topological polar surface area (TPSA) is 38.3 Å². The summed E-state index contributed by atoms with van der Waals surface area (Å²) in [6, 6.07) is 7.34. The van der Waals surface area contributed by atoms with E-state index >= 15 is 0 Å². The second-order valence-corrected chi connectivity index (χ2v) is 3.76. The fraction of sp³-hybridized carbons (Fsp3) is 0.417. The molecule has 0 radical (unpaired) electrons. The lowest BCUT2D eigenvalue weighted by molar-refractivity contribution is -0.144. The van der Waals surface area contributed by atoms with Crippen LogP contribution in [0.1, 0.15) is 18.9 Å². The van der Waals surface area contributed by atoms with Crippen LogP contribution in [0.25, 0.3) is 0 Å². The molecule has 0 spiro atoms. The normalized spacial score (nSPS) is 10.1. The highest BCUT2D eigenvalue weighted by Gasteiger charge is 2.04. The molecule has 0 aromatic heterocycles. The van der Waals surface area contributed by atoms with Gasteiger partial charge in [-0.15, -0.1) is 0 Å². The molecule has 0 saturated carbocycles. The fourth-order valence-corrected chi connectivity index (χ4v) is 1.40. The minimum Gasteiger partial charge on any atom is -0.461 e. The van der Waals surface area contributed by atoms with E-state index in [-0.39, 0.29) is 12.6 Å². The zero-order valence-corrected chi connectivity index (χ0v) is 10.1. The van der Waals surface area contributed by atoms with Crippen molar-refractivity contribution >= 4 is 17.6 Å². The van der Waals surface area contributed by atoms with E-state index in [4.69, 9.17) is 16.3 Å². The third kappa shape index (κ3) is 4.64. The zero-order valence-electron chi connectivity index (χ0n) is 9.33. The summed E-state index contributed by atoms with van der Waals surface area (Å²) in [5, 5.41) is 3.69. The van der Waals surface area contributed by atoms with Crippen molar-refractivity contribution < 1.29 is 9.53 Å². The first-order valence-electron chi connectivity index (χ1n) is 5.33. The molecule has 0 aliphatic heterocycles. The first-order chi connectivity index (χ1) is 7.74. The highest BCUT2D eigenvalue weighted by molar-refractivity contribution is 6.31. The van der Waals surface area contributed by atoms with Crippen molar-refractivity contribution in [2.24, 2.45) is 0 Å². The predicted molar refractivity (Wildman–Crippen MR) is 64.4 cm³/mol. The average Bonchev–Trinajstić information content (AvgIpc) is 2.28. The van der Waals surface area contributed by atoms with Gasteiger partial charge in [0.1, 0.15) is 6.61 Å². The lowest BCUT2D eigenvalue weighted by Crippen LogP contribution is -2.18. The van der Waals surface area contributed by atoms with Crippen LogP contribution < -0.4 is 5.32 Å². The van der Waals surface area contributed by atoms with Crippen molar-refractivity contribution in [3.8, 4) is 0 Å². The number of hydrogen-bond donors (Lipinski definition) is 1. The maximum absolute atomic E-state index is 11.3. The van der Waals surface area contributed by atoms with Crippen LogP contribution in [0.15, 0.2) is 24.3 Å². The molecule has 0 bridgehead atoms. The predicted octanol–water partition coefficient (Wildman–Crippen LogP) is 2.38. The summed E-state index contributed by atoms with van der Waals surface area (Å²) in [5.41, 5.74) is 0.834. The average molecular weight is 242 g/mol. The molecular formula is C12H16ClNO2. The lowest BCUT2D eigenvalue weighted by Gasteiger charge is -2.06. The van der Waals surface area contributed by atoms with Crippen LogP contribution in [0.4, 0.5) is 0 Å². The van der Waals surface area contributed by atoms with Gasteiger partial charge in [0, 0.05) is 17.1 Å². The Balaban J connectivity index is 2.29. The van der Waals surface area contributed by atoms with Gasteiger partial charge in [-0.3, -0.25) is 4.79 Å². The van der Waals surface area contributed by atoms with Crippen molar-refractivity contribution in [2.75, 3.05) is 13.1 Å². The number of rotatable bonds is 6. The van der Waals surface area contributed by atoms with Gasteiger partial charge >= 0.3 is 5.97 Å². The van der Waals surface area contributed by atoms with Crippen LogP contribution >= 0.6 is 11.6 Å². The molecule has 1 rings (SSSR count). The molecule has 0 saturated heterocycles. The van der Waals surface area contributed by atoms with Crippen molar-refractivity contribution in [3.63, 3.8) is 0 Å². The SMILES string of the molecule is CCNCCC(=O)OCc1ccccc1Cl. The molecule has 0 atom stereocenters. The van der Waals surface area contributed by atoms with E-state index in [0.29, 0.717) is 18.0 Å². The lowest BCUT2D eigenvalue weighted by atomic mass is 10.2. The number of benzene rings is 1. The Labute approximate surface area is 101 Å². The molecule has 1 N–H and O–H groups in total. The molecule has 0 heterocycles. The molecule has 0 amide bonds. The van der Waals surface area contributed by atoms with Crippen molar-refractivity contribution in [1.82, 2.24) is 5.32 Å². The molecule has 0 aliphatic carbocycles. The van der Waals surface area contributed by atoms with Gasteiger partial charge in [-0.1, -0.05) is 36.7 Å². The van der Waals surface area contributed by atoms with E-state index in [1.165, 1.54) is 0 Å². The van der Waals surface area contributed by atoms with Crippen LogP contribution in [0.3, 0.4) is 0 Å². The van der Waals surface area contributed by atoms with E-state index in [2.05, 4.69) is 5.32 Å². The summed E-state index contributed by atoms with van der Waals surface area (Å²) in [7, 11) is 0. The molecule has 0 aliphatic rings. The number of esters is 1. The van der Waals surface area contributed by atoms with Crippen LogP contribution in [0, 0.1) is 0 Å². The Morgan fingerprint density at radius 3 is 2.88 bits per heavy atom. The highest BCUT2D eigenvalue weighted by atomic mass is 35.5. The monoisotopic (exact) mass is 241 g/mol. The summed E-state index contributed by atoms with van der Waals surface area (Å²) in [6.45, 7) is 3.75. The largest absolute Gasteiger partial charge is 0.461 e. The summed E-state index contributed by atoms with van der Waals surface area (Å²) < 4.78 is 5.09. The molecule has 1 aromatic rings. The van der Waals surface area contributed by atoms with Crippen LogP contribution in [0.5, 0.6) is 0 Å². The number of carbonyl (C=O) groups is 1. The quantitative estimate of drug-likeness (QED) is 0.614. The Hall–Kier alpha value is -1.06. The standard InChI is InChI=1S/C12H16ClNO2/c1-2-14-8-7-12(15)16-9-10-5-3-4-6-11(10)13/h3-6,14H,2,7-9H2,1H3. The Morgan fingerprint density at radius 2 is 2.19 bits per heavy atom. The van der Waals surface area contributed by atoms with Crippen molar-refractivity contribution in [1.29, 1.82) is 0 Å². The Bertz CT molecular complexity index is 342. The number of nitrogens with one attached hydrogen (secondary N) is 1. The second-order valence-electron chi connectivity index (χ2n) is 3.36. The third-order valence-electron chi connectivity index (χ3n) is 2.10. The second kappa shape index (κ2) is 7.25. The molecule has 4 heteroatoms. The van der Waals surface area contributed by atoms with E-state index in [9.17, 15) is 4.79 Å². The summed E-state index contributed by atoms with van der Waals surface area (Å²) in [4.78, 5) is 11.3. The molecule has 0 unspecified atom stereocenters. The minimum absolute atomic E-state index is 0.208. The first kappa shape index (κ1) is 13.0. The van der Waals surface area contributed by atoms with Gasteiger partial charge in [0.15, 0.2) is 0 Å². The van der Waals surface area contributed by atoms with Crippen LogP contribution in [0.2, 0.25) is 5.02 Å². The Morgan fingerprint density at radius 1 is 1.44 bits per heavy atom. The van der Waals surface area contributed by atoms with Gasteiger partial charge < -0.3 is 10.1 Å². The van der Waals surface area contributed by atoms with Crippen molar-refractivity contribution in [2.45, 2.75) is 20.0 Å². The molecule has 0 fully saturated rings. The highest BCUT2D eigenvalue weighted by Crippen LogP contribution is 2.15. The van der Waals surface area contributed by atoms with Crippen molar-refractivity contribution in [3.05, 3.63) is 34.9 Å². The van der Waals surface area contributed by atoms with E-state index in [0.717, 1.165) is 12.1 Å². The van der Waals surface area contributed by atoms with Gasteiger partial charge in [0.25, 0.3) is 0 Å². The Kier molecular flexibility index (Phi) is 5.90. The molecule has 88 valence electrons. The van der Waals surface area contributed by atoms with E-state index in [1.807, 2.05) is 25.1 Å². The summed E-state index contributed by atoms with van der Waals surface area (Å²) in [6.07, 6.45) is 0.387. The van der Waals surface area contributed by atoms with E-state index in [1.54, 1.807) is 6.07 Å². The van der Waals surface area contributed by atoms with Crippen LogP contribution in [-0.2, 0) is 16.1 Å². The number of ether oxygens (including phenoxy) is 1. The zero-order chi connectivity index (χ0) is 11.8. The van der Waals surface area contributed by atoms with E-state index < -0.39 is 0 Å². The van der Waals surface area contributed by atoms with Gasteiger partial charge in [0.2, 0.25) is 0 Å².